The lowest BCUT2D eigenvalue weighted by Crippen LogP contribution is -2.35. The van der Waals surface area contributed by atoms with Crippen molar-refractivity contribution in [1.29, 1.82) is 0 Å². The van der Waals surface area contributed by atoms with Gasteiger partial charge in [0.2, 0.25) is 0 Å². The second-order valence-corrected chi connectivity index (χ2v) is 7.14. The summed E-state index contributed by atoms with van der Waals surface area (Å²) in [6.45, 7) is 2.37. The normalized spacial score (nSPS) is 13.7. The second kappa shape index (κ2) is 9.96. The third-order valence-electron chi connectivity index (χ3n) is 4.26. The van der Waals surface area contributed by atoms with Gasteiger partial charge in [0, 0.05) is 29.8 Å². The van der Waals surface area contributed by atoms with E-state index in [4.69, 9.17) is 16.7 Å². The van der Waals surface area contributed by atoms with Crippen molar-refractivity contribution in [1.82, 2.24) is 5.32 Å². The lowest BCUT2D eigenvalue weighted by molar-refractivity contribution is -0.139. The zero-order chi connectivity index (χ0) is 21.6. The molecule has 0 bridgehead atoms. The summed E-state index contributed by atoms with van der Waals surface area (Å²) in [7, 11) is 0. The van der Waals surface area contributed by atoms with E-state index in [0.29, 0.717) is 17.1 Å². The summed E-state index contributed by atoms with van der Waals surface area (Å²) in [5.74, 6) is -1.33. The van der Waals surface area contributed by atoms with Gasteiger partial charge in [-0.05, 0) is 42.3 Å². The molecule has 0 spiro atoms. The van der Waals surface area contributed by atoms with Crippen LogP contribution in [0.3, 0.4) is 0 Å². The van der Waals surface area contributed by atoms with Crippen molar-refractivity contribution in [3.8, 4) is 0 Å². The van der Waals surface area contributed by atoms with E-state index in [0.717, 1.165) is 6.07 Å². The van der Waals surface area contributed by atoms with Crippen LogP contribution in [0.25, 0.3) is 0 Å². The van der Waals surface area contributed by atoms with E-state index < -0.39 is 30.2 Å². The number of nitrogens with one attached hydrogen (secondary N) is 2. The van der Waals surface area contributed by atoms with Crippen LogP contribution in [-0.4, -0.2) is 35.3 Å². The first-order chi connectivity index (χ1) is 13.6. The molecule has 2 rings (SSSR count). The predicted molar refractivity (Wildman–Crippen MR) is 105 cm³/mol. The number of rotatable bonds is 9. The van der Waals surface area contributed by atoms with Crippen LogP contribution < -0.4 is 10.6 Å². The van der Waals surface area contributed by atoms with E-state index >= 15 is 0 Å². The van der Waals surface area contributed by atoms with E-state index in [1.54, 1.807) is 24.3 Å². The smallest absolute Gasteiger partial charge is 0.416 e. The van der Waals surface area contributed by atoms with Crippen molar-refractivity contribution in [2.45, 2.75) is 31.7 Å². The fourth-order valence-electron chi connectivity index (χ4n) is 2.76. The monoisotopic (exact) mass is 430 g/mol. The average Bonchev–Trinajstić information content (AvgIpc) is 2.64. The number of aliphatic carboxylic acids is 1. The lowest BCUT2D eigenvalue weighted by atomic mass is 10.0. The minimum atomic E-state index is -4.65. The van der Waals surface area contributed by atoms with Gasteiger partial charge in [-0.25, -0.2) is 0 Å². The van der Waals surface area contributed by atoms with Gasteiger partial charge in [0.1, 0.15) is 0 Å². The maximum absolute atomic E-state index is 13.2. The van der Waals surface area contributed by atoms with E-state index in [-0.39, 0.29) is 23.8 Å². The molecule has 0 heterocycles. The molecule has 0 aromatic heterocycles. The molecule has 9 heteroatoms. The van der Waals surface area contributed by atoms with E-state index in [2.05, 4.69) is 10.6 Å². The number of aliphatic hydroxyl groups excluding tert-OH is 1. The quantitative estimate of drug-likeness (QED) is 0.481. The number of halogens is 4. The highest BCUT2D eigenvalue weighted by Crippen LogP contribution is 2.34. The van der Waals surface area contributed by atoms with Crippen LogP contribution in [0.1, 0.15) is 29.7 Å². The molecule has 29 heavy (non-hydrogen) atoms. The van der Waals surface area contributed by atoms with Gasteiger partial charge in [-0.1, -0.05) is 29.8 Å². The summed E-state index contributed by atoms with van der Waals surface area (Å²) in [6, 6.07) is 10.2. The molecule has 0 amide bonds. The van der Waals surface area contributed by atoms with Crippen molar-refractivity contribution in [3.63, 3.8) is 0 Å². The highest BCUT2D eigenvalue weighted by atomic mass is 35.5. The summed E-state index contributed by atoms with van der Waals surface area (Å²) in [5.41, 5.74) is -0.363. The van der Waals surface area contributed by atoms with Crippen LogP contribution in [0.15, 0.2) is 42.5 Å². The largest absolute Gasteiger partial charge is 0.481 e. The fraction of sp³-hybridized carbons (Fsp3) is 0.350. The van der Waals surface area contributed by atoms with Gasteiger partial charge in [-0.2, -0.15) is 13.2 Å². The van der Waals surface area contributed by atoms with Crippen molar-refractivity contribution < 1.29 is 28.2 Å². The van der Waals surface area contributed by atoms with Crippen LogP contribution in [-0.2, 0) is 17.4 Å². The number of carboxylic acids is 1. The molecule has 2 aromatic rings. The maximum atomic E-state index is 13.2. The molecule has 0 aliphatic heterocycles. The first-order valence-electron chi connectivity index (χ1n) is 8.89. The minimum Gasteiger partial charge on any atom is -0.481 e. The first kappa shape index (κ1) is 23.0. The molecular formula is C20H22ClF3N2O3. The summed E-state index contributed by atoms with van der Waals surface area (Å²) >= 11 is 5.90. The van der Waals surface area contributed by atoms with Crippen molar-refractivity contribution in [3.05, 3.63) is 64.2 Å². The number of carbonyl (C=O) groups is 1. The van der Waals surface area contributed by atoms with Crippen molar-refractivity contribution in [2.75, 3.05) is 18.4 Å². The zero-order valence-corrected chi connectivity index (χ0v) is 16.4. The number of aliphatic hydroxyl groups is 1. The summed E-state index contributed by atoms with van der Waals surface area (Å²) in [6.07, 6.45) is -6.12. The van der Waals surface area contributed by atoms with Crippen LogP contribution >= 0.6 is 11.6 Å². The molecule has 0 fully saturated rings. The number of alkyl halides is 3. The molecule has 2 aromatic carbocycles. The molecule has 2 atom stereocenters. The van der Waals surface area contributed by atoms with Crippen molar-refractivity contribution >= 4 is 23.3 Å². The summed E-state index contributed by atoms with van der Waals surface area (Å²) in [5, 5.41) is 25.5. The van der Waals surface area contributed by atoms with Crippen LogP contribution in [0, 0.1) is 0 Å². The van der Waals surface area contributed by atoms with Gasteiger partial charge in [-0.15, -0.1) is 0 Å². The van der Waals surface area contributed by atoms with Gasteiger partial charge in [-0.3, -0.25) is 4.79 Å². The minimum absolute atomic E-state index is 0.156. The Hall–Kier alpha value is -2.29. The molecule has 0 saturated carbocycles. The van der Waals surface area contributed by atoms with Crippen LogP contribution in [0.5, 0.6) is 0 Å². The number of carboxylic acid groups (broad SMARTS) is 1. The van der Waals surface area contributed by atoms with Gasteiger partial charge in [0.05, 0.1) is 18.1 Å². The zero-order valence-electron chi connectivity index (χ0n) is 15.6. The Balaban J connectivity index is 1.94. The van der Waals surface area contributed by atoms with Crippen LogP contribution in [0.2, 0.25) is 5.02 Å². The Morgan fingerprint density at radius 1 is 1.17 bits per heavy atom. The number of benzene rings is 2. The molecule has 0 aliphatic carbocycles. The Morgan fingerprint density at radius 2 is 1.90 bits per heavy atom. The topological polar surface area (TPSA) is 81.6 Å². The van der Waals surface area contributed by atoms with Gasteiger partial charge < -0.3 is 20.8 Å². The Morgan fingerprint density at radius 3 is 2.52 bits per heavy atom. The Bertz CT molecular complexity index is 846. The fourth-order valence-corrected chi connectivity index (χ4v) is 2.95. The SMILES string of the molecule is C[C@H](CNc1ccc(CC(=O)O)c(C(F)(F)F)c1)NC[C@H](O)c1cccc(Cl)c1. The molecule has 158 valence electrons. The lowest BCUT2D eigenvalue weighted by Gasteiger charge is -2.19. The van der Waals surface area contributed by atoms with E-state index in [1.165, 1.54) is 12.1 Å². The molecule has 0 aliphatic rings. The maximum Gasteiger partial charge on any atom is 0.416 e. The molecule has 4 N–H and O–H groups in total. The molecule has 0 radical (unpaired) electrons. The number of hydrogen-bond donors (Lipinski definition) is 4. The summed E-state index contributed by atoms with van der Waals surface area (Å²) < 4.78 is 39.6. The molecule has 0 saturated heterocycles. The highest BCUT2D eigenvalue weighted by Gasteiger charge is 2.34. The molecule has 0 unspecified atom stereocenters. The van der Waals surface area contributed by atoms with E-state index in [9.17, 15) is 23.1 Å². The standard InChI is InChI=1S/C20H22ClF3N2O3/c1-12(25-11-18(27)14-3-2-4-15(21)7-14)10-26-16-6-5-13(8-19(28)29)17(9-16)20(22,23)24/h2-7,9,12,18,25-27H,8,10-11H2,1H3,(H,28,29)/t12-,18+/m1/s1. The summed E-state index contributed by atoms with van der Waals surface area (Å²) in [4.78, 5) is 10.8. The Labute approximate surface area is 171 Å². The second-order valence-electron chi connectivity index (χ2n) is 6.70. The predicted octanol–water partition coefficient (Wildman–Crippen LogP) is 4.11. The van der Waals surface area contributed by atoms with Gasteiger partial charge >= 0.3 is 12.1 Å². The third-order valence-corrected chi connectivity index (χ3v) is 4.50. The highest BCUT2D eigenvalue weighted by molar-refractivity contribution is 6.30. The number of hydrogen-bond acceptors (Lipinski definition) is 4. The average molecular weight is 431 g/mol. The molecule has 5 nitrogen and oxygen atoms in total. The first-order valence-corrected chi connectivity index (χ1v) is 9.26. The Kier molecular flexibility index (Phi) is 7.89. The molecular weight excluding hydrogens is 409 g/mol. The van der Waals surface area contributed by atoms with E-state index in [1.807, 2.05) is 6.92 Å². The van der Waals surface area contributed by atoms with Crippen LogP contribution in [0.4, 0.5) is 18.9 Å². The van der Waals surface area contributed by atoms with Gasteiger partial charge in [0.25, 0.3) is 0 Å². The van der Waals surface area contributed by atoms with Crippen molar-refractivity contribution in [2.24, 2.45) is 0 Å². The van der Waals surface area contributed by atoms with Gasteiger partial charge in [0.15, 0.2) is 0 Å². The number of anilines is 1. The third kappa shape index (κ3) is 7.23.